The average molecular weight is 416 g/mol. The predicted molar refractivity (Wildman–Crippen MR) is 122 cm³/mol. The maximum atomic E-state index is 13.4. The topological polar surface area (TPSA) is 53.4 Å². The van der Waals surface area contributed by atoms with Crippen molar-refractivity contribution < 1.29 is 4.79 Å². The molecule has 1 aromatic heterocycles. The highest BCUT2D eigenvalue weighted by molar-refractivity contribution is 6.06. The number of aromatic nitrogens is 2. The van der Waals surface area contributed by atoms with E-state index in [2.05, 4.69) is 39.7 Å². The van der Waals surface area contributed by atoms with Gasteiger partial charge in [0.25, 0.3) is 5.91 Å². The van der Waals surface area contributed by atoms with E-state index in [9.17, 15) is 4.79 Å². The molecule has 2 atom stereocenters. The van der Waals surface area contributed by atoms with Gasteiger partial charge in [0.2, 0.25) is 0 Å². The Morgan fingerprint density at radius 1 is 1.10 bits per heavy atom. The molecule has 2 aromatic carbocycles. The molecule has 3 aromatic rings. The molecule has 3 heterocycles. The zero-order valence-electron chi connectivity index (χ0n) is 17.9. The van der Waals surface area contributed by atoms with Gasteiger partial charge in [0.05, 0.1) is 6.20 Å². The number of aryl methyl sites for hydroxylation is 1. The number of benzene rings is 2. The molecule has 31 heavy (non-hydrogen) atoms. The quantitative estimate of drug-likeness (QED) is 0.695. The van der Waals surface area contributed by atoms with Crippen molar-refractivity contribution in [2.24, 2.45) is 7.05 Å². The summed E-state index contributed by atoms with van der Waals surface area (Å²) >= 11 is 0. The number of rotatable bonds is 5. The fourth-order valence-electron chi connectivity index (χ4n) is 4.98. The summed E-state index contributed by atoms with van der Waals surface area (Å²) in [5.41, 5.74) is 4.23. The van der Waals surface area contributed by atoms with Crippen LogP contribution < -0.4 is 10.2 Å². The van der Waals surface area contributed by atoms with Crippen molar-refractivity contribution in [1.82, 2.24) is 20.0 Å². The zero-order valence-corrected chi connectivity index (χ0v) is 17.9. The second-order valence-electron chi connectivity index (χ2n) is 8.62. The van der Waals surface area contributed by atoms with E-state index in [1.807, 2.05) is 59.2 Å². The lowest BCUT2D eigenvalue weighted by atomic mass is 10.1. The maximum Gasteiger partial charge on any atom is 0.258 e. The molecule has 1 amide bonds. The van der Waals surface area contributed by atoms with Gasteiger partial charge in [-0.15, -0.1) is 0 Å². The third-order valence-corrected chi connectivity index (χ3v) is 6.53. The molecular weight excluding hydrogens is 386 g/mol. The van der Waals surface area contributed by atoms with Crippen LogP contribution in [-0.2, 0) is 20.1 Å². The first-order valence-electron chi connectivity index (χ1n) is 11.1. The largest absolute Gasteiger partial charge is 0.311 e. The maximum absolute atomic E-state index is 13.4. The van der Waals surface area contributed by atoms with Crippen LogP contribution in [0, 0.1) is 0 Å². The Morgan fingerprint density at radius 3 is 2.71 bits per heavy atom. The van der Waals surface area contributed by atoms with Crippen LogP contribution in [0.4, 0.5) is 5.69 Å². The van der Waals surface area contributed by atoms with Crippen molar-refractivity contribution in [3.8, 4) is 0 Å². The fourth-order valence-corrected chi connectivity index (χ4v) is 4.98. The van der Waals surface area contributed by atoms with Crippen molar-refractivity contribution >= 4 is 11.6 Å². The van der Waals surface area contributed by atoms with Crippen molar-refractivity contribution in [3.63, 3.8) is 0 Å². The summed E-state index contributed by atoms with van der Waals surface area (Å²) in [5, 5.41) is 7.87. The molecule has 6 heteroatoms. The number of para-hydroxylation sites is 1. The Labute approximate surface area is 183 Å². The second kappa shape index (κ2) is 8.65. The smallest absolute Gasteiger partial charge is 0.258 e. The van der Waals surface area contributed by atoms with E-state index in [-0.39, 0.29) is 5.91 Å². The van der Waals surface area contributed by atoms with Crippen molar-refractivity contribution in [2.45, 2.75) is 38.0 Å². The van der Waals surface area contributed by atoms with Crippen molar-refractivity contribution in [1.29, 1.82) is 0 Å². The molecule has 0 bridgehead atoms. The third kappa shape index (κ3) is 4.13. The minimum atomic E-state index is 0.0908. The number of carbonyl (C=O) groups is 1. The summed E-state index contributed by atoms with van der Waals surface area (Å²) < 4.78 is 1.84. The minimum Gasteiger partial charge on any atom is -0.311 e. The van der Waals surface area contributed by atoms with Gasteiger partial charge in [-0.2, -0.15) is 5.10 Å². The van der Waals surface area contributed by atoms with Gasteiger partial charge >= 0.3 is 0 Å². The molecule has 2 aliphatic heterocycles. The molecule has 0 aliphatic carbocycles. The molecule has 1 saturated heterocycles. The van der Waals surface area contributed by atoms with E-state index in [1.165, 1.54) is 11.1 Å². The Morgan fingerprint density at radius 2 is 1.90 bits per heavy atom. The molecule has 1 N–H and O–H groups in total. The first-order valence-corrected chi connectivity index (χ1v) is 11.1. The summed E-state index contributed by atoms with van der Waals surface area (Å²) in [7, 11) is 1.95. The number of hydrogen-bond acceptors (Lipinski definition) is 4. The third-order valence-electron chi connectivity index (χ3n) is 6.53. The molecule has 2 aliphatic rings. The van der Waals surface area contributed by atoms with E-state index in [4.69, 9.17) is 0 Å². The summed E-state index contributed by atoms with van der Waals surface area (Å²) in [6.07, 6.45) is 6.24. The molecule has 6 nitrogen and oxygen atoms in total. The predicted octanol–water partition coefficient (Wildman–Crippen LogP) is 3.20. The monoisotopic (exact) mass is 415 g/mol. The van der Waals surface area contributed by atoms with Crippen LogP contribution in [0.5, 0.6) is 0 Å². The van der Waals surface area contributed by atoms with Crippen LogP contribution in [0.25, 0.3) is 0 Å². The molecule has 1 fully saturated rings. The highest BCUT2D eigenvalue weighted by Gasteiger charge is 2.38. The summed E-state index contributed by atoms with van der Waals surface area (Å²) in [4.78, 5) is 18.0. The van der Waals surface area contributed by atoms with Crippen LogP contribution in [0.15, 0.2) is 67.0 Å². The van der Waals surface area contributed by atoms with E-state index in [1.54, 1.807) is 0 Å². The number of nitrogens with one attached hydrogen (secondary N) is 1. The standard InChI is InChI=1S/C25H29N5O/c1-28-16-19(14-27-28)13-26-15-22-11-12-23-18-30(25(31)20-7-3-2-4-8-20)24-10-6-5-9-21(24)17-29(22)23/h2-10,14,16,22-23,26H,11-13,15,17-18H2,1H3/t22-,23-/m1/s1. The average Bonchev–Trinajstić information content (AvgIpc) is 3.34. The molecule has 0 unspecified atom stereocenters. The second-order valence-corrected chi connectivity index (χ2v) is 8.62. The van der Waals surface area contributed by atoms with Crippen LogP contribution >= 0.6 is 0 Å². The van der Waals surface area contributed by atoms with E-state index in [0.717, 1.165) is 50.3 Å². The number of hydrogen-bond donors (Lipinski definition) is 1. The Hall–Kier alpha value is -2.96. The fraction of sp³-hybridized carbons (Fsp3) is 0.360. The highest BCUT2D eigenvalue weighted by Crippen LogP contribution is 2.35. The van der Waals surface area contributed by atoms with Crippen molar-refractivity contribution in [2.75, 3.05) is 18.0 Å². The Balaban J connectivity index is 1.33. The first-order chi connectivity index (χ1) is 15.2. The summed E-state index contributed by atoms with van der Waals surface area (Å²) in [6, 6.07) is 18.9. The molecule has 5 rings (SSSR count). The minimum absolute atomic E-state index is 0.0908. The molecule has 0 saturated carbocycles. The van der Waals surface area contributed by atoms with Crippen LogP contribution in [0.2, 0.25) is 0 Å². The lowest BCUT2D eigenvalue weighted by molar-refractivity contribution is 0.0978. The summed E-state index contributed by atoms with van der Waals surface area (Å²) in [5.74, 6) is 0.0908. The SMILES string of the molecule is Cn1cc(CNC[C@H]2CC[C@@H]3CN(C(=O)c4ccccc4)c4ccccc4CN23)cn1. The van der Waals surface area contributed by atoms with Gasteiger partial charge in [0.1, 0.15) is 0 Å². The van der Waals surface area contributed by atoms with E-state index >= 15 is 0 Å². The Bertz CT molecular complexity index is 1050. The van der Waals surface area contributed by atoms with Gasteiger partial charge in [0, 0.05) is 68.3 Å². The number of amides is 1. The van der Waals surface area contributed by atoms with Crippen molar-refractivity contribution in [3.05, 3.63) is 83.7 Å². The lowest BCUT2D eigenvalue weighted by Gasteiger charge is -2.30. The number of nitrogens with zero attached hydrogens (tertiary/aromatic N) is 4. The Kier molecular flexibility index (Phi) is 5.57. The van der Waals surface area contributed by atoms with Gasteiger partial charge in [-0.05, 0) is 36.6 Å². The van der Waals surface area contributed by atoms with Crippen LogP contribution in [0.1, 0.15) is 34.3 Å². The number of carbonyl (C=O) groups excluding carboxylic acids is 1. The summed E-state index contributed by atoms with van der Waals surface area (Å²) in [6.45, 7) is 3.40. The molecule has 160 valence electrons. The van der Waals surface area contributed by atoms with Gasteiger partial charge in [-0.25, -0.2) is 0 Å². The van der Waals surface area contributed by atoms with Gasteiger partial charge < -0.3 is 10.2 Å². The zero-order chi connectivity index (χ0) is 21.2. The van der Waals surface area contributed by atoms with Gasteiger partial charge in [0.15, 0.2) is 0 Å². The van der Waals surface area contributed by atoms with Gasteiger partial charge in [-0.1, -0.05) is 36.4 Å². The molecule has 0 radical (unpaired) electrons. The lowest BCUT2D eigenvalue weighted by Crippen LogP contribution is -2.45. The first kappa shape index (κ1) is 20.0. The van der Waals surface area contributed by atoms with Gasteiger partial charge in [-0.3, -0.25) is 14.4 Å². The normalized spacial score (nSPS) is 20.9. The molecular formula is C25H29N5O. The van der Waals surface area contributed by atoms with E-state index < -0.39 is 0 Å². The van der Waals surface area contributed by atoms with Crippen LogP contribution in [-0.4, -0.2) is 45.8 Å². The number of anilines is 1. The highest BCUT2D eigenvalue weighted by atomic mass is 16.2. The van der Waals surface area contributed by atoms with Crippen LogP contribution in [0.3, 0.4) is 0 Å². The van der Waals surface area contributed by atoms with E-state index in [0.29, 0.717) is 12.1 Å². The molecule has 0 spiro atoms. The number of fused-ring (bicyclic) bond motifs is 2.